The predicted octanol–water partition coefficient (Wildman–Crippen LogP) is 2.48. The van der Waals surface area contributed by atoms with Crippen LogP contribution < -0.4 is 0 Å². The van der Waals surface area contributed by atoms with Gasteiger partial charge >= 0.3 is 0 Å². The second-order valence-electron chi connectivity index (χ2n) is 5.01. The maximum absolute atomic E-state index is 9.95. The monoisotopic (exact) mass is 277 g/mol. The van der Waals surface area contributed by atoms with Crippen molar-refractivity contribution in [1.82, 2.24) is 4.90 Å². The average molecular weight is 277 g/mol. The highest BCUT2D eigenvalue weighted by atomic mass is 32.1. The van der Waals surface area contributed by atoms with Crippen LogP contribution in [-0.4, -0.2) is 41.9 Å². The highest BCUT2D eigenvalue weighted by Gasteiger charge is 2.31. The minimum absolute atomic E-state index is 0.0284. The van der Waals surface area contributed by atoms with E-state index in [1.807, 2.05) is 18.3 Å². The molecule has 1 N–H and O–H groups in total. The van der Waals surface area contributed by atoms with Gasteiger partial charge in [-0.05, 0) is 24.4 Å². The molecule has 1 aliphatic rings. The van der Waals surface area contributed by atoms with Crippen molar-refractivity contribution in [3.05, 3.63) is 35.2 Å². The van der Waals surface area contributed by atoms with Gasteiger partial charge in [0, 0.05) is 35.8 Å². The molecule has 102 valence electrons. The SMILES string of the molecule is CCO[C@@H]1CN(Cc2cc3ccccc3s2)C[C@H]1O. The molecular formula is C15H19NO2S. The molecule has 3 nitrogen and oxygen atoms in total. The van der Waals surface area contributed by atoms with Crippen molar-refractivity contribution < 1.29 is 9.84 Å². The van der Waals surface area contributed by atoms with Crippen LogP contribution >= 0.6 is 11.3 Å². The van der Waals surface area contributed by atoms with E-state index in [-0.39, 0.29) is 12.2 Å². The fourth-order valence-electron chi connectivity index (χ4n) is 2.67. The van der Waals surface area contributed by atoms with E-state index in [0.717, 1.165) is 13.1 Å². The molecule has 0 unspecified atom stereocenters. The van der Waals surface area contributed by atoms with E-state index >= 15 is 0 Å². The van der Waals surface area contributed by atoms with Crippen molar-refractivity contribution in [3.63, 3.8) is 0 Å². The Labute approximate surface area is 117 Å². The molecule has 19 heavy (non-hydrogen) atoms. The predicted molar refractivity (Wildman–Crippen MR) is 78.5 cm³/mol. The molecule has 1 aromatic heterocycles. The maximum atomic E-state index is 9.95. The molecule has 1 aliphatic heterocycles. The lowest BCUT2D eigenvalue weighted by atomic mass is 10.2. The zero-order chi connectivity index (χ0) is 13.2. The number of aliphatic hydroxyl groups is 1. The summed E-state index contributed by atoms with van der Waals surface area (Å²) < 4.78 is 6.89. The molecule has 1 fully saturated rings. The Bertz CT molecular complexity index is 521. The van der Waals surface area contributed by atoms with Gasteiger partial charge in [0.05, 0.1) is 12.2 Å². The van der Waals surface area contributed by atoms with Gasteiger partial charge in [-0.25, -0.2) is 0 Å². The molecule has 0 saturated carbocycles. The summed E-state index contributed by atoms with van der Waals surface area (Å²) in [4.78, 5) is 3.63. The van der Waals surface area contributed by atoms with E-state index < -0.39 is 0 Å². The number of likely N-dealkylation sites (tertiary alicyclic amines) is 1. The van der Waals surface area contributed by atoms with Crippen molar-refractivity contribution >= 4 is 21.4 Å². The Morgan fingerprint density at radius 3 is 3.00 bits per heavy atom. The van der Waals surface area contributed by atoms with Crippen molar-refractivity contribution in [2.24, 2.45) is 0 Å². The average Bonchev–Trinajstić information content (AvgIpc) is 2.94. The first kappa shape index (κ1) is 13.1. The summed E-state index contributed by atoms with van der Waals surface area (Å²) in [7, 11) is 0. The zero-order valence-corrected chi connectivity index (χ0v) is 11.9. The van der Waals surface area contributed by atoms with Gasteiger partial charge in [0.1, 0.15) is 0 Å². The fraction of sp³-hybridized carbons (Fsp3) is 0.467. The topological polar surface area (TPSA) is 32.7 Å². The van der Waals surface area contributed by atoms with Crippen molar-refractivity contribution in [1.29, 1.82) is 0 Å². The van der Waals surface area contributed by atoms with Crippen molar-refractivity contribution in [2.75, 3.05) is 19.7 Å². The van der Waals surface area contributed by atoms with Crippen LogP contribution in [0, 0.1) is 0 Å². The van der Waals surface area contributed by atoms with E-state index in [2.05, 4.69) is 35.2 Å². The lowest BCUT2D eigenvalue weighted by Crippen LogP contribution is -2.26. The number of aliphatic hydroxyl groups excluding tert-OH is 1. The Kier molecular flexibility index (Phi) is 3.84. The summed E-state index contributed by atoms with van der Waals surface area (Å²) in [5.41, 5.74) is 0. The molecule has 1 saturated heterocycles. The van der Waals surface area contributed by atoms with Gasteiger partial charge in [-0.1, -0.05) is 18.2 Å². The minimum atomic E-state index is -0.352. The largest absolute Gasteiger partial charge is 0.389 e. The van der Waals surface area contributed by atoms with Crippen LogP contribution in [0.3, 0.4) is 0 Å². The lowest BCUT2D eigenvalue weighted by molar-refractivity contribution is -0.00244. The summed E-state index contributed by atoms with van der Waals surface area (Å²) in [6, 6.07) is 10.7. The van der Waals surface area contributed by atoms with Gasteiger partial charge in [0.25, 0.3) is 0 Å². The van der Waals surface area contributed by atoms with E-state index in [1.165, 1.54) is 15.0 Å². The summed E-state index contributed by atoms with van der Waals surface area (Å²) in [6.45, 7) is 5.07. The van der Waals surface area contributed by atoms with E-state index in [4.69, 9.17) is 4.74 Å². The summed E-state index contributed by atoms with van der Waals surface area (Å²) in [5.74, 6) is 0. The summed E-state index contributed by atoms with van der Waals surface area (Å²) in [5, 5.41) is 11.3. The van der Waals surface area contributed by atoms with Crippen LogP contribution in [0.4, 0.5) is 0 Å². The number of hydrogen-bond acceptors (Lipinski definition) is 4. The summed E-state index contributed by atoms with van der Waals surface area (Å²) in [6.07, 6.45) is -0.381. The van der Waals surface area contributed by atoms with E-state index in [1.54, 1.807) is 0 Å². The van der Waals surface area contributed by atoms with Crippen LogP contribution in [0.1, 0.15) is 11.8 Å². The van der Waals surface area contributed by atoms with Gasteiger partial charge in [-0.15, -0.1) is 11.3 Å². The van der Waals surface area contributed by atoms with E-state index in [0.29, 0.717) is 13.2 Å². The Morgan fingerprint density at radius 1 is 1.37 bits per heavy atom. The molecule has 0 radical (unpaired) electrons. The first-order chi connectivity index (χ1) is 9.26. The lowest BCUT2D eigenvalue weighted by Gasteiger charge is -2.14. The number of rotatable bonds is 4. The van der Waals surface area contributed by atoms with Crippen molar-refractivity contribution in [3.8, 4) is 0 Å². The molecule has 4 heteroatoms. The molecule has 0 spiro atoms. The molecule has 1 aromatic carbocycles. The summed E-state index contributed by atoms with van der Waals surface area (Å²) >= 11 is 1.84. The molecule has 2 aromatic rings. The van der Waals surface area contributed by atoms with Crippen LogP contribution in [-0.2, 0) is 11.3 Å². The van der Waals surface area contributed by atoms with Crippen LogP contribution in [0.5, 0.6) is 0 Å². The van der Waals surface area contributed by atoms with Gasteiger partial charge in [0.2, 0.25) is 0 Å². The number of fused-ring (bicyclic) bond motifs is 1. The second kappa shape index (κ2) is 5.59. The third-order valence-electron chi connectivity index (χ3n) is 3.55. The molecule has 0 amide bonds. The number of thiophene rings is 1. The number of nitrogens with zero attached hydrogens (tertiary/aromatic N) is 1. The van der Waals surface area contributed by atoms with Crippen LogP contribution in [0.25, 0.3) is 10.1 Å². The number of ether oxygens (including phenoxy) is 1. The maximum Gasteiger partial charge on any atom is 0.0972 e. The molecule has 2 heterocycles. The van der Waals surface area contributed by atoms with Gasteiger partial charge in [-0.3, -0.25) is 4.90 Å². The van der Waals surface area contributed by atoms with Gasteiger partial charge < -0.3 is 9.84 Å². The highest BCUT2D eigenvalue weighted by molar-refractivity contribution is 7.19. The molecule has 0 bridgehead atoms. The third-order valence-corrected chi connectivity index (χ3v) is 4.65. The second-order valence-corrected chi connectivity index (χ2v) is 6.17. The van der Waals surface area contributed by atoms with Gasteiger partial charge in [-0.2, -0.15) is 0 Å². The molecule has 3 rings (SSSR count). The quantitative estimate of drug-likeness (QED) is 0.932. The number of hydrogen-bond donors (Lipinski definition) is 1. The number of benzene rings is 1. The van der Waals surface area contributed by atoms with E-state index in [9.17, 15) is 5.11 Å². The van der Waals surface area contributed by atoms with Crippen LogP contribution in [0.15, 0.2) is 30.3 Å². The molecule has 2 atom stereocenters. The standard InChI is InChI=1S/C15H19NO2S/c1-2-18-14-10-16(9-13(14)17)8-12-7-11-5-3-4-6-15(11)19-12/h3-7,13-14,17H,2,8-10H2,1H3/t13-,14-/m1/s1. The first-order valence-corrected chi connectivity index (χ1v) is 7.57. The van der Waals surface area contributed by atoms with Crippen molar-refractivity contribution in [2.45, 2.75) is 25.7 Å². The zero-order valence-electron chi connectivity index (χ0n) is 11.1. The fourth-order valence-corrected chi connectivity index (χ4v) is 3.78. The molecular weight excluding hydrogens is 258 g/mol. The highest BCUT2D eigenvalue weighted by Crippen LogP contribution is 2.27. The van der Waals surface area contributed by atoms with Gasteiger partial charge in [0.15, 0.2) is 0 Å². The first-order valence-electron chi connectivity index (χ1n) is 6.75. The van der Waals surface area contributed by atoms with Crippen LogP contribution in [0.2, 0.25) is 0 Å². The molecule has 0 aliphatic carbocycles. The Balaban J connectivity index is 1.68. The number of β-amino-alcohol motifs (C(OH)–C–C–N with tert-alkyl or cyclic N) is 1. The minimum Gasteiger partial charge on any atom is -0.389 e. The normalized spacial score (nSPS) is 24.3. The third kappa shape index (κ3) is 2.82. The Hall–Kier alpha value is -0.940. The Morgan fingerprint density at radius 2 is 2.21 bits per heavy atom. The smallest absolute Gasteiger partial charge is 0.0972 e.